The number of amides is 1. The van der Waals surface area contributed by atoms with Gasteiger partial charge in [-0.2, -0.15) is 5.26 Å². The van der Waals surface area contributed by atoms with Gasteiger partial charge in [0.05, 0.1) is 12.7 Å². The first kappa shape index (κ1) is 31.7. The lowest BCUT2D eigenvalue weighted by atomic mass is 9.38. The molecule has 6 heteroatoms. The molecule has 0 aromatic heterocycles. The molecule has 6 nitrogen and oxygen atoms in total. The molecule has 0 radical (unpaired) electrons. The summed E-state index contributed by atoms with van der Waals surface area (Å²) in [7, 11) is 1.46. The Morgan fingerprint density at radius 1 is 0.976 bits per heavy atom. The second-order valence-electron chi connectivity index (χ2n) is 16.1. The third-order valence-corrected chi connectivity index (χ3v) is 12.7. The normalized spacial score (nSPS) is 40.1. The van der Waals surface area contributed by atoms with Gasteiger partial charge in [-0.05, 0) is 91.4 Å². The van der Waals surface area contributed by atoms with E-state index in [1.165, 1.54) is 7.11 Å². The molecule has 2 saturated carbocycles. The average molecular weight is 565 g/mol. The highest BCUT2D eigenvalue weighted by atomic mass is 16.6. The maximum Gasteiger partial charge on any atom is 0.243 e. The lowest BCUT2D eigenvalue weighted by Gasteiger charge is -2.65. The maximum absolute atomic E-state index is 14.3. The number of hydroxylamine groups is 1. The lowest BCUT2D eigenvalue weighted by molar-refractivity contribution is -0.139. The number of allylic oxidation sites excluding steroid dienone is 4. The Morgan fingerprint density at radius 2 is 1.63 bits per heavy atom. The van der Waals surface area contributed by atoms with Crippen molar-refractivity contribution < 1.29 is 19.2 Å². The van der Waals surface area contributed by atoms with Gasteiger partial charge in [-0.1, -0.05) is 67.0 Å². The molecule has 0 aliphatic heterocycles. The van der Waals surface area contributed by atoms with Crippen LogP contribution in [0.25, 0.3) is 0 Å². The molecule has 0 saturated heterocycles. The highest BCUT2D eigenvalue weighted by molar-refractivity contribution is 6.04. The number of nitriles is 1. The van der Waals surface area contributed by atoms with Crippen molar-refractivity contribution in [1.82, 2.24) is 5.48 Å². The van der Waals surface area contributed by atoms with Crippen molar-refractivity contribution in [1.29, 1.82) is 5.26 Å². The Morgan fingerprint density at radius 3 is 2.27 bits per heavy atom. The zero-order chi connectivity index (χ0) is 30.6. The summed E-state index contributed by atoms with van der Waals surface area (Å²) in [5.41, 5.74) is 2.16. The molecular weight excluding hydrogens is 512 g/mol. The average Bonchev–Trinajstić information content (AvgIpc) is 2.89. The number of hydrogen-bond donors (Lipinski definition) is 1. The number of rotatable bonds is 4. The minimum Gasteiger partial charge on any atom is -0.295 e. The van der Waals surface area contributed by atoms with Gasteiger partial charge in [-0.25, -0.2) is 5.48 Å². The molecule has 1 unspecified atom stereocenters. The Kier molecular flexibility index (Phi) is 8.09. The van der Waals surface area contributed by atoms with E-state index in [9.17, 15) is 19.6 Å². The maximum atomic E-state index is 14.3. The Bertz CT molecular complexity index is 1220. The first-order chi connectivity index (χ1) is 18.9. The van der Waals surface area contributed by atoms with E-state index in [4.69, 9.17) is 4.84 Å². The van der Waals surface area contributed by atoms with Crippen molar-refractivity contribution in [3.63, 3.8) is 0 Å². The number of fused-ring (bicyclic) bond motifs is 5. The quantitative estimate of drug-likeness (QED) is 0.358. The number of Topliss-reactive ketones (excluding diaryl/α,β-unsaturated/α-hetero) is 1. The third kappa shape index (κ3) is 5.15. The van der Waals surface area contributed by atoms with Crippen LogP contribution >= 0.6 is 0 Å². The minimum atomic E-state index is -0.667. The predicted octanol–water partition coefficient (Wildman–Crippen LogP) is 7.44. The molecule has 1 amide bonds. The standard InChI is InChI=1S/C35H52N2O4/c1-30(2)13-10-24-25(38)20-27-33(6)21-23(22-36)29(40)31(3,4)26(33)11-15-35(27,8)34(24,7)19-18-32(5,17-16-30)14-12-28(39)37-41-9/h20-21,24,26H,10-19H2,1-9H3,(H,37,39)/t24?,26-,32-,33-,34+,35+/m0/s1. The van der Waals surface area contributed by atoms with E-state index >= 15 is 0 Å². The zero-order valence-corrected chi connectivity index (χ0v) is 27.0. The number of carbonyl (C=O) groups is 3. The van der Waals surface area contributed by atoms with E-state index in [2.05, 4.69) is 53.1 Å². The van der Waals surface area contributed by atoms with Gasteiger partial charge in [0, 0.05) is 23.2 Å². The Balaban J connectivity index is 1.81. The summed E-state index contributed by atoms with van der Waals surface area (Å²) in [4.78, 5) is 44.8. The van der Waals surface area contributed by atoms with Crippen LogP contribution in [0, 0.1) is 55.7 Å². The summed E-state index contributed by atoms with van der Waals surface area (Å²) in [6.07, 6.45) is 12.7. The van der Waals surface area contributed by atoms with E-state index in [-0.39, 0.29) is 56.5 Å². The van der Waals surface area contributed by atoms with Crippen molar-refractivity contribution in [3.05, 3.63) is 23.3 Å². The molecule has 4 aliphatic carbocycles. The van der Waals surface area contributed by atoms with E-state index < -0.39 is 10.8 Å². The molecule has 4 aliphatic rings. The summed E-state index contributed by atoms with van der Waals surface area (Å²) < 4.78 is 0. The van der Waals surface area contributed by atoms with Crippen LogP contribution in [0.2, 0.25) is 0 Å². The molecular formula is C35H52N2O4. The second kappa shape index (κ2) is 10.5. The second-order valence-corrected chi connectivity index (χ2v) is 16.1. The van der Waals surface area contributed by atoms with Crippen LogP contribution in [-0.2, 0) is 19.2 Å². The fourth-order valence-electron chi connectivity index (χ4n) is 9.47. The summed E-state index contributed by atoms with van der Waals surface area (Å²) in [6, 6.07) is 2.20. The first-order valence-electron chi connectivity index (χ1n) is 15.7. The van der Waals surface area contributed by atoms with Crippen molar-refractivity contribution in [2.45, 2.75) is 120 Å². The molecule has 0 aromatic rings. The number of ketones is 2. The summed E-state index contributed by atoms with van der Waals surface area (Å²) in [6.45, 7) is 17.8. The van der Waals surface area contributed by atoms with Gasteiger partial charge in [0.2, 0.25) is 5.91 Å². The molecule has 0 spiro atoms. The fourth-order valence-corrected chi connectivity index (χ4v) is 9.47. The Labute approximate surface area is 247 Å². The number of hydrogen-bond acceptors (Lipinski definition) is 5. The van der Waals surface area contributed by atoms with Crippen molar-refractivity contribution in [3.8, 4) is 6.07 Å². The van der Waals surface area contributed by atoms with Crippen molar-refractivity contribution in [2.75, 3.05) is 7.11 Å². The lowest BCUT2D eigenvalue weighted by Crippen LogP contribution is -2.60. The summed E-state index contributed by atoms with van der Waals surface area (Å²) in [5.74, 6) is -0.00420. The van der Waals surface area contributed by atoms with Gasteiger partial charge in [-0.3, -0.25) is 19.2 Å². The summed E-state index contributed by atoms with van der Waals surface area (Å²) >= 11 is 0. The third-order valence-electron chi connectivity index (χ3n) is 12.7. The SMILES string of the molecule is CONC(=O)CC[C@@]1(C)CCC(C)(C)CCC2C(=O)C=C3[C@@]4(C)C=C(C#N)C(=O)C(C)(C)[C@@H]4CC[C@@]3(C)[C@]2(C)CC1. The van der Waals surface area contributed by atoms with Crippen LogP contribution < -0.4 is 5.48 Å². The largest absolute Gasteiger partial charge is 0.295 e. The highest BCUT2D eigenvalue weighted by Crippen LogP contribution is 2.70. The van der Waals surface area contributed by atoms with Gasteiger partial charge in [0.25, 0.3) is 0 Å². The van der Waals surface area contributed by atoms with E-state index in [1.54, 1.807) is 0 Å². The predicted molar refractivity (Wildman–Crippen MR) is 160 cm³/mol. The smallest absolute Gasteiger partial charge is 0.243 e. The first-order valence-corrected chi connectivity index (χ1v) is 15.7. The summed E-state index contributed by atoms with van der Waals surface area (Å²) in [5, 5.41) is 9.94. The molecule has 1 N–H and O–H groups in total. The van der Waals surface area contributed by atoms with Crippen LogP contribution in [0.5, 0.6) is 0 Å². The minimum absolute atomic E-state index is 0.0369. The van der Waals surface area contributed by atoms with Gasteiger partial charge in [0.15, 0.2) is 11.6 Å². The topological polar surface area (TPSA) is 96.3 Å². The van der Waals surface area contributed by atoms with Gasteiger partial charge in [0.1, 0.15) is 6.07 Å². The molecule has 41 heavy (non-hydrogen) atoms. The molecule has 4 rings (SSSR count). The molecule has 226 valence electrons. The molecule has 6 atom stereocenters. The zero-order valence-electron chi connectivity index (χ0n) is 27.0. The van der Waals surface area contributed by atoms with Gasteiger partial charge >= 0.3 is 0 Å². The monoisotopic (exact) mass is 564 g/mol. The van der Waals surface area contributed by atoms with Crippen LogP contribution in [0.1, 0.15) is 120 Å². The van der Waals surface area contributed by atoms with E-state index in [1.807, 2.05) is 26.0 Å². The van der Waals surface area contributed by atoms with E-state index in [0.717, 1.165) is 63.4 Å². The number of carbonyl (C=O) groups excluding carboxylic acids is 3. The molecule has 2 fully saturated rings. The van der Waals surface area contributed by atoms with Crippen LogP contribution in [-0.4, -0.2) is 24.6 Å². The van der Waals surface area contributed by atoms with Gasteiger partial charge in [-0.15, -0.1) is 0 Å². The molecule has 0 aromatic carbocycles. The van der Waals surface area contributed by atoms with E-state index in [0.29, 0.717) is 6.42 Å². The van der Waals surface area contributed by atoms with Crippen molar-refractivity contribution in [2.24, 2.45) is 44.3 Å². The van der Waals surface area contributed by atoms with Crippen molar-refractivity contribution >= 4 is 17.5 Å². The number of nitrogens with zero attached hydrogens (tertiary/aromatic N) is 1. The van der Waals surface area contributed by atoms with Crippen LogP contribution in [0.3, 0.4) is 0 Å². The van der Waals surface area contributed by atoms with Crippen LogP contribution in [0.4, 0.5) is 0 Å². The highest BCUT2D eigenvalue weighted by Gasteiger charge is 2.65. The fraction of sp³-hybridized carbons (Fsp3) is 0.771. The number of nitrogens with one attached hydrogen (secondary N) is 1. The molecule has 0 bridgehead atoms. The van der Waals surface area contributed by atoms with Crippen LogP contribution in [0.15, 0.2) is 23.3 Å². The molecule has 0 heterocycles. The van der Waals surface area contributed by atoms with Gasteiger partial charge < -0.3 is 0 Å². The Hall–Kier alpha value is -2.26.